The van der Waals surface area contributed by atoms with Crippen molar-refractivity contribution >= 4 is 28.7 Å². The molecular weight excluding hydrogens is 497 g/mol. The molecule has 1 aromatic carbocycles. The number of rotatable bonds is 6. The molecular formula is C26H23F3N8O. The molecule has 3 aromatic heterocycles. The summed E-state index contributed by atoms with van der Waals surface area (Å²) in [6.45, 7) is 0. The highest BCUT2D eigenvalue weighted by atomic mass is 19.4. The number of urea groups is 1. The molecule has 12 heteroatoms. The van der Waals surface area contributed by atoms with Crippen LogP contribution in [-0.2, 0) is 6.42 Å². The minimum Gasteiger partial charge on any atom is -0.371 e. The topological polar surface area (TPSA) is 110 Å². The van der Waals surface area contributed by atoms with E-state index in [1.165, 1.54) is 6.33 Å². The van der Waals surface area contributed by atoms with Gasteiger partial charge in [-0.3, -0.25) is 9.55 Å². The Kier molecular flexibility index (Phi) is 6.77. The fraction of sp³-hybridized carbons (Fsp3) is 0.192. The highest BCUT2D eigenvalue weighted by Crippen LogP contribution is 2.38. The number of nitrogens with zero attached hydrogens (tertiary/aromatic N) is 5. The third-order valence-corrected chi connectivity index (χ3v) is 6.16. The molecule has 194 valence electrons. The van der Waals surface area contributed by atoms with Gasteiger partial charge in [0.15, 0.2) is 17.0 Å². The van der Waals surface area contributed by atoms with E-state index in [0.29, 0.717) is 22.7 Å². The Morgan fingerprint density at radius 1 is 1.05 bits per heavy atom. The molecule has 9 nitrogen and oxygen atoms in total. The smallest absolute Gasteiger partial charge is 0.371 e. The summed E-state index contributed by atoms with van der Waals surface area (Å²) in [6.07, 6.45) is 4.64. The highest BCUT2D eigenvalue weighted by molar-refractivity contribution is 5.91. The van der Waals surface area contributed by atoms with Gasteiger partial charge in [0.1, 0.15) is 12.7 Å². The van der Waals surface area contributed by atoms with Gasteiger partial charge >= 0.3 is 12.2 Å². The summed E-state index contributed by atoms with van der Waals surface area (Å²) in [5.41, 5.74) is 2.65. The zero-order valence-corrected chi connectivity index (χ0v) is 20.2. The van der Waals surface area contributed by atoms with Gasteiger partial charge in [0.05, 0.1) is 0 Å². The second kappa shape index (κ2) is 10.3. The largest absolute Gasteiger partial charge is 0.413 e. The van der Waals surface area contributed by atoms with Crippen LogP contribution in [-0.4, -0.2) is 43.8 Å². The second-order valence-electron chi connectivity index (χ2n) is 8.63. The number of alkyl halides is 3. The molecule has 5 rings (SSSR count). The molecule has 1 unspecified atom stereocenters. The molecule has 1 atom stereocenters. The van der Waals surface area contributed by atoms with E-state index < -0.39 is 23.7 Å². The van der Waals surface area contributed by atoms with Gasteiger partial charge in [-0.15, -0.1) is 0 Å². The second-order valence-corrected chi connectivity index (χ2v) is 8.63. The molecule has 0 fully saturated rings. The summed E-state index contributed by atoms with van der Waals surface area (Å²) in [5.74, 6) is -0.139. The van der Waals surface area contributed by atoms with Crippen molar-refractivity contribution in [2.45, 2.75) is 19.0 Å². The first-order valence-corrected chi connectivity index (χ1v) is 11.7. The fourth-order valence-electron chi connectivity index (χ4n) is 4.34. The summed E-state index contributed by atoms with van der Waals surface area (Å²) in [6, 6.07) is 9.65. The van der Waals surface area contributed by atoms with Gasteiger partial charge in [0.25, 0.3) is 0 Å². The lowest BCUT2D eigenvalue weighted by molar-refractivity contribution is -0.0993. The molecule has 0 spiro atoms. The van der Waals surface area contributed by atoms with Crippen LogP contribution < -0.4 is 16.0 Å². The Labute approximate surface area is 215 Å². The van der Waals surface area contributed by atoms with Gasteiger partial charge in [-0.1, -0.05) is 6.08 Å². The number of carbonyl (C=O) groups excluding carboxylic acids is 1. The SMILES string of the molecule is CNc1ncnc2c1ncn2-c1ccc(NC(=O)NC2=CCC(Cc3ccncc3)C(C(F)(F)F)=C2)cc1. The van der Waals surface area contributed by atoms with Crippen molar-refractivity contribution in [3.8, 4) is 5.69 Å². The minimum atomic E-state index is -4.51. The number of benzene rings is 1. The van der Waals surface area contributed by atoms with Crippen LogP contribution in [0.2, 0.25) is 0 Å². The molecule has 1 aliphatic carbocycles. The Morgan fingerprint density at radius 3 is 2.53 bits per heavy atom. The van der Waals surface area contributed by atoms with Gasteiger partial charge in [-0.2, -0.15) is 13.2 Å². The third kappa shape index (κ3) is 5.33. The van der Waals surface area contributed by atoms with E-state index >= 15 is 0 Å². The Hall–Kier alpha value is -4.74. The molecule has 0 radical (unpaired) electrons. The number of pyridine rings is 1. The number of hydrogen-bond donors (Lipinski definition) is 3. The normalized spacial score (nSPS) is 15.5. The number of aromatic nitrogens is 5. The van der Waals surface area contributed by atoms with E-state index in [1.54, 1.807) is 72.8 Å². The highest BCUT2D eigenvalue weighted by Gasteiger charge is 2.39. The van der Waals surface area contributed by atoms with Gasteiger partial charge < -0.3 is 16.0 Å². The number of hydrogen-bond acceptors (Lipinski definition) is 6. The van der Waals surface area contributed by atoms with Crippen molar-refractivity contribution in [3.05, 3.63) is 90.4 Å². The monoisotopic (exact) mass is 520 g/mol. The van der Waals surface area contributed by atoms with Crippen LogP contribution in [0.15, 0.2) is 84.9 Å². The molecule has 0 saturated carbocycles. The summed E-state index contributed by atoms with van der Waals surface area (Å²) < 4.78 is 43.2. The van der Waals surface area contributed by atoms with Crippen molar-refractivity contribution in [1.29, 1.82) is 0 Å². The molecule has 0 bridgehead atoms. The first-order valence-electron chi connectivity index (χ1n) is 11.7. The molecule has 4 aromatic rings. The van der Waals surface area contributed by atoms with Crippen LogP contribution in [0.5, 0.6) is 0 Å². The van der Waals surface area contributed by atoms with Gasteiger partial charge in [0.2, 0.25) is 0 Å². The van der Waals surface area contributed by atoms with E-state index in [-0.39, 0.29) is 18.5 Å². The van der Waals surface area contributed by atoms with Crippen LogP contribution in [0.4, 0.5) is 29.5 Å². The Balaban J connectivity index is 1.25. The zero-order valence-electron chi connectivity index (χ0n) is 20.2. The van der Waals surface area contributed by atoms with E-state index in [1.807, 2.05) is 0 Å². The predicted octanol–water partition coefficient (Wildman–Crippen LogP) is 5.01. The van der Waals surface area contributed by atoms with Crippen LogP contribution in [0.3, 0.4) is 0 Å². The van der Waals surface area contributed by atoms with Gasteiger partial charge in [-0.25, -0.2) is 19.7 Å². The third-order valence-electron chi connectivity index (χ3n) is 6.16. The maximum Gasteiger partial charge on any atom is 0.413 e. The van der Waals surface area contributed by atoms with E-state index in [9.17, 15) is 18.0 Å². The van der Waals surface area contributed by atoms with Crippen LogP contribution >= 0.6 is 0 Å². The van der Waals surface area contributed by atoms with Crippen molar-refractivity contribution < 1.29 is 18.0 Å². The first kappa shape index (κ1) is 24.9. The standard InChI is InChI=1S/C26H23F3N8O/c1-30-23-22-24(33-14-32-23)37(15-34-22)20-6-4-18(5-7-20)35-25(38)36-19-3-2-17(21(13-19)26(27,28)29)12-16-8-10-31-11-9-16/h3-11,13-15,17H,2,12H2,1H3,(H,30,32,33)(H2,35,36,38). The van der Waals surface area contributed by atoms with E-state index in [0.717, 1.165) is 17.3 Å². The van der Waals surface area contributed by atoms with Crippen molar-refractivity contribution in [2.24, 2.45) is 5.92 Å². The zero-order chi connectivity index (χ0) is 26.7. The summed E-state index contributed by atoms with van der Waals surface area (Å²) in [5, 5.41) is 8.14. The molecule has 3 heterocycles. The van der Waals surface area contributed by atoms with Crippen LogP contribution in [0.25, 0.3) is 16.9 Å². The average molecular weight is 521 g/mol. The molecule has 0 aliphatic heterocycles. The summed E-state index contributed by atoms with van der Waals surface area (Å²) in [7, 11) is 1.75. The summed E-state index contributed by atoms with van der Waals surface area (Å²) >= 11 is 0. The van der Waals surface area contributed by atoms with Crippen molar-refractivity contribution in [2.75, 3.05) is 17.7 Å². The number of fused-ring (bicyclic) bond motifs is 1. The molecule has 0 saturated heterocycles. The number of allylic oxidation sites excluding steroid dienone is 3. The van der Waals surface area contributed by atoms with E-state index in [4.69, 9.17) is 0 Å². The average Bonchev–Trinajstić information content (AvgIpc) is 3.34. The number of amides is 2. The molecule has 2 amide bonds. The fourth-order valence-corrected chi connectivity index (χ4v) is 4.34. The lowest BCUT2D eigenvalue weighted by Crippen LogP contribution is -2.31. The maximum absolute atomic E-state index is 13.8. The van der Waals surface area contributed by atoms with Crippen molar-refractivity contribution in [3.63, 3.8) is 0 Å². The quantitative estimate of drug-likeness (QED) is 0.330. The Bertz CT molecular complexity index is 1510. The number of nitrogens with one attached hydrogen (secondary N) is 3. The molecule has 38 heavy (non-hydrogen) atoms. The van der Waals surface area contributed by atoms with Gasteiger partial charge in [-0.05, 0) is 66.8 Å². The number of carbonyl (C=O) groups is 1. The summed E-state index contributed by atoms with van der Waals surface area (Å²) in [4.78, 5) is 29.2. The van der Waals surface area contributed by atoms with Crippen LogP contribution in [0.1, 0.15) is 12.0 Å². The minimum absolute atomic E-state index is 0.0994. The Morgan fingerprint density at radius 2 is 1.82 bits per heavy atom. The number of halogens is 3. The molecule has 3 N–H and O–H groups in total. The number of imidazole rings is 1. The van der Waals surface area contributed by atoms with Crippen LogP contribution in [0, 0.1) is 5.92 Å². The lowest BCUT2D eigenvalue weighted by atomic mass is 9.85. The first-order chi connectivity index (χ1) is 18.3. The van der Waals surface area contributed by atoms with E-state index in [2.05, 4.69) is 35.9 Å². The lowest BCUT2D eigenvalue weighted by Gasteiger charge is -2.26. The molecule has 1 aliphatic rings. The van der Waals surface area contributed by atoms with Crippen molar-refractivity contribution in [1.82, 2.24) is 29.8 Å². The maximum atomic E-state index is 13.8. The predicted molar refractivity (Wildman–Crippen MR) is 137 cm³/mol. The van der Waals surface area contributed by atoms with Gasteiger partial charge in [0, 0.05) is 42.1 Å². The number of anilines is 2.